The largest absolute Gasteiger partial charge is 0.486 e. The average Bonchev–Trinajstić information content (AvgIpc) is 3.23. The van der Waals surface area contributed by atoms with Gasteiger partial charge in [-0.25, -0.2) is 4.98 Å². The van der Waals surface area contributed by atoms with Gasteiger partial charge in [-0.1, -0.05) is 17.4 Å². The maximum absolute atomic E-state index is 12.9. The Kier molecular flexibility index (Phi) is 5.18. The van der Waals surface area contributed by atoms with E-state index in [1.54, 1.807) is 11.3 Å². The van der Waals surface area contributed by atoms with Crippen LogP contribution in [-0.4, -0.2) is 50.4 Å². The molecular weight excluding hydrogens is 402 g/mol. The Hall–Kier alpha value is -2.84. The van der Waals surface area contributed by atoms with Crippen molar-refractivity contribution < 1.29 is 19.0 Å². The summed E-state index contributed by atoms with van der Waals surface area (Å²) in [6, 6.07) is 11.3. The Morgan fingerprint density at radius 2 is 1.87 bits per heavy atom. The van der Waals surface area contributed by atoms with Gasteiger partial charge in [0.2, 0.25) is 0 Å². The van der Waals surface area contributed by atoms with Crippen LogP contribution in [0.4, 0.5) is 5.13 Å². The zero-order valence-corrected chi connectivity index (χ0v) is 17.5. The van der Waals surface area contributed by atoms with Crippen LogP contribution in [0.1, 0.15) is 28.9 Å². The monoisotopic (exact) mass is 425 g/mol. The number of nitrogens with one attached hydrogen (secondary N) is 1. The molecule has 2 aromatic carbocycles. The van der Waals surface area contributed by atoms with Gasteiger partial charge in [0.05, 0.1) is 29.5 Å². The van der Waals surface area contributed by atoms with Gasteiger partial charge in [0.1, 0.15) is 13.2 Å². The van der Waals surface area contributed by atoms with Crippen LogP contribution < -0.4 is 19.7 Å². The summed E-state index contributed by atoms with van der Waals surface area (Å²) in [7, 11) is 0. The van der Waals surface area contributed by atoms with E-state index in [0.717, 1.165) is 58.7 Å². The summed E-state index contributed by atoms with van der Waals surface area (Å²) in [4.78, 5) is 19.8. The number of carbonyl (C=O) groups is 1. The van der Waals surface area contributed by atoms with E-state index in [1.807, 2.05) is 43.3 Å². The number of hydrogen-bond acceptors (Lipinski definition) is 7. The van der Waals surface area contributed by atoms with Crippen molar-refractivity contribution in [2.75, 3.05) is 44.4 Å². The summed E-state index contributed by atoms with van der Waals surface area (Å²) in [5, 5.41) is 4.06. The van der Waals surface area contributed by atoms with Crippen LogP contribution in [0.3, 0.4) is 0 Å². The van der Waals surface area contributed by atoms with E-state index in [2.05, 4.69) is 10.2 Å². The molecule has 0 saturated carbocycles. The van der Waals surface area contributed by atoms with Crippen molar-refractivity contribution in [3.05, 3.63) is 47.5 Å². The highest BCUT2D eigenvalue weighted by molar-refractivity contribution is 7.22. The fourth-order valence-electron chi connectivity index (χ4n) is 3.64. The number of carbonyl (C=O) groups excluding carboxylic acids is 1. The SMILES string of the molecule is C[C@@H](NC(=O)c1ccc2nc(N3CCOCC3)sc2c1)c1ccc2c(c1)OCCO2. The van der Waals surface area contributed by atoms with Crippen molar-refractivity contribution in [3.63, 3.8) is 0 Å². The van der Waals surface area contributed by atoms with Gasteiger partial charge < -0.3 is 24.4 Å². The Morgan fingerprint density at radius 1 is 1.07 bits per heavy atom. The highest BCUT2D eigenvalue weighted by Gasteiger charge is 2.19. The Morgan fingerprint density at radius 3 is 2.70 bits per heavy atom. The Balaban J connectivity index is 1.31. The topological polar surface area (TPSA) is 72.9 Å². The minimum Gasteiger partial charge on any atom is -0.486 e. The van der Waals surface area contributed by atoms with Gasteiger partial charge in [-0.2, -0.15) is 0 Å². The highest BCUT2D eigenvalue weighted by atomic mass is 32.1. The number of rotatable bonds is 4. The molecule has 1 N–H and O–H groups in total. The van der Waals surface area contributed by atoms with Crippen LogP contribution in [0.5, 0.6) is 11.5 Å². The number of morpholine rings is 1. The molecule has 1 saturated heterocycles. The van der Waals surface area contributed by atoms with Crippen molar-refractivity contribution in [1.29, 1.82) is 0 Å². The molecule has 0 spiro atoms. The van der Waals surface area contributed by atoms with Crippen LogP contribution in [0.2, 0.25) is 0 Å². The molecule has 7 nitrogen and oxygen atoms in total. The summed E-state index contributed by atoms with van der Waals surface area (Å²) < 4.78 is 17.6. The number of hydrogen-bond donors (Lipinski definition) is 1. The van der Waals surface area contributed by atoms with E-state index >= 15 is 0 Å². The lowest BCUT2D eigenvalue weighted by atomic mass is 10.1. The van der Waals surface area contributed by atoms with Gasteiger partial charge in [-0.15, -0.1) is 0 Å². The summed E-state index contributed by atoms with van der Waals surface area (Å²) in [6.07, 6.45) is 0. The van der Waals surface area contributed by atoms with Crippen molar-refractivity contribution in [2.45, 2.75) is 13.0 Å². The molecule has 5 rings (SSSR count). The number of ether oxygens (including phenoxy) is 3. The predicted molar refractivity (Wildman–Crippen MR) is 116 cm³/mol. The highest BCUT2D eigenvalue weighted by Crippen LogP contribution is 2.33. The van der Waals surface area contributed by atoms with Gasteiger partial charge in [-0.05, 0) is 42.8 Å². The number of aromatic nitrogens is 1. The fourth-order valence-corrected chi connectivity index (χ4v) is 4.69. The molecule has 1 fully saturated rings. The second-order valence-electron chi connectivity index (χ2n) is 7.38. The lowest BCUT2D eigenvalue weighted by molar-refractivity contribution is 0.0940. The first-order valence-electron chi connectivity index (χ1n) is 10.1. The molecule has 0 aliphatic carbocycles. The van der Waals surface area contributed by atoms with E-state index in [9.17, 15) is 4.79 Å². The standard InChI is InChI=1S/C22H23N3O4S/c1-14(15-3-5-18-19(12-15)29-11-10-28-18)23-21(26)16-2-4-17-20(13-16)30-22(24-17)25-6-8-27-9-7-25/h2-5,12-14H,6-11H2,1H3,(H,23,26)/t14-/m1/s1. The summed E-state index contributed by atoms with van der Waals surface area (Å²) >= 11 is 1.61. The molecular formula is C22H23N3O4S. The average molecular weight is 426 g/mol. The van der Waals surface area contributed by atoms with Gasteiger partial charge in [0.15, 0.2) is 16.6 Å². The molecule has 156 valence electrons. The lowest BCUT2D eigenvalue weighted by Crippen LogP contribution is -2.36. The molecule has 1 aromatic heterocycles. The van der Waals surface area contributed by atoms with Crippen LogP contribution in [0.25, 0.3) is 10.2 Å². The Labute approximate surface area is 178 Å². The first-order valence-corrected chi connectivity index (χ1v) is 10.9. The van der Waals surface area contributed by atoms with Crippen LogP contribution in [0, 0.1) is 0 Å². The maximum atomic E-state index is 12.9. The van der Waals surface area contributed by atoms with Gasteiger partial charge in [0, 0.05) is 18.7 Å². The molecule has 8 heteroatoms. The van der Waals surface area contributed by atoms with Crippen LogP contribution >= 0.6 is 11.3 Å². The smallest absolute Gasteiger partial charge is 0.251 e. The number of thiazole rings is 1. The third-order valence-electron chi connectivity index (χ3n) is 5.33. The van der Waals surface area contributed by atoms with E-state index in [-0.39, 0.29) is 11.9 Å². The molecule has 0 bridgehead atoms. The predicted octanol–water partition coefficient (Wildman–Crippen LogP) is 3.40. The molecule has 3 aromatic rings. The van der Waals surface area contributed by atoms with Crippen molar-refractivity contribution >= 4 is 32.6 Å². The summed E-state index contributed by atoms with van der Waals surface area (Å²) in [5.41, 5.74) is 2.52. The zero-order valence-electron chi connectivity index (χ0n) is 16.7. The third-order valence-corrected chi connectivity index (χ3v) is 6.41. The number of benzene rings is 2. The second-order valence-corrected chi connectivity index (χ2v) is 8.39. The van der Waals surface area contributed by atoms with E-state index < -0.39 is 0 Å². The lowest BCUT2D eigenvalue weighted by Gasteiger charge is -2.25. The summed E-state index contributed by atoms with van der Waals surface area (Å²) in [6.45, 7) is 6.21. The minimum atomic E-state index is -0.158. The van der Waals surface area contributed by atoms with E-state index in [4.69, 9.17) is 19.2 Å². The van der Waals surface area contributed by atoms with Crippen molar-refractivity contribution in [3.8, 4) is 11.5 Å². The zero-order chi connectivity index (χ0) is 20.5. The molecule has 1 atom stereocenters. The minimum absolute atomic E-state index is 0.111. The van der Waals surface area contributed by atoms with Gasteiger partial charge >= 0.3 is 0 Å². The number of amides is 1. The first kappa shape index (κ1) is 19.1. The van der Waals surface area contributed by atoms with E-state index in [0.29, 0.717) is 18.8 Å². The Bertz CT molecular complexity index is 1080. The molecule has 1 amide bonds. The molecule has 0 unspecified atom stereocenters. The normalized spacial score (nSPS) is 17.0. The quantitative estimate of drug-likeness (QED) is 0.691. The summed E-state index contributed by atoms with van der Waals surface area (Å²) in [5.74, 6) is 1.36. The number of anilines is 1. The number of nitrogens with zero attached hydrogens (tertiary/aromatic N) is 2. The molecule has 30 heavy (non-hydrogen) atoms. The molecule has 2 aliphatic rings. The van der Waals surface area contributed by atoms with Crippen LogP contribution in [-0.2, 0) is 4.74 Å². The van der Waals surface area contributed by atoms with E-state index in [1.165, 1.54) is 0 Å². The third kappa shape index (κ3) is 3.80. The van der Waals surface area contributed by atoms with Gasteiger partial charge in [0.25, 0.3) is 5.91 Å². The number of fused-ring (bicyclic) bond motifs is 2. The maximum Gasteiger partial charge on any atom is 0.251 e. The molecule has 3 heterocycles. The van der Waals surface area contributed by atoms with Crippen LogP contribution in [0.15, 0.2) is 36.4 Å². The van der Waals surface area contributed by atoms with Crippen molar-refractivity contribution in [2.24, 2.45) is 0 Å². The van der Waals surface area contributed by atoms with Gasteiger partial charge in [-0.3, -0.25) is 4.79 Å². The first-order chi connectivity index (χ1) is 14.7. The molecule has 2 aliphatic heterocycles. The second kappa shape index (κ2) is 8.12. The fraction of sp³-hybridized carbons (Fsp3) is 0.364. The molecule has 0 radical (unpaired) electrons. The van der Waals surface area contributed by atoms with Crippen molar-refractivity contribution in [1.82, 2.24) is 10.3 Å².